The van der Waals surface area contributed by atoms with Crippen LogP contribution in [0.5, 0.6) is 11.5 Å². The number of benzene rings is 2. The molecule has 0 fully saturated rings. The molecule has 2 N–H and O–H groups in total. The summed E-state index contributed by atoms with van der Waals surface area (Å²) < 4.78 is 5.42. The van der Waals surface area contributed by atoms with E-state index in [0.717, 1.165) is 5.56 Å². The molecule has 0 aliphatic carbocycles. The first-order valence-corrected chi connectivity index (χ1v) is 7.05. The van der Waals surface area contributed by atoms with Gasteiger partial charge in [-0.2, -0.15) is 0 Å². The number of hydrogen-bond acceptors (Lipinski definition) is 4. The normalized spacial score (nSPS) is 12.2. The molecule has 0 aliphatic rings. The largest absolute Gasteiger partial charge is 0.504 e. The summed E-state index contributed by atoms with van der Waals surface area (Å²) >= 11 is 0. The summed E-state index contributed by atoms with van der Waals surface area (Å²) in [4.78, 5) is 11.9. The van der Waals surface area contributed by atoms with Gasteiger partial charge in [-0.1, -0.05) is 43.3 Å². The predicted molar refractivity (Wildman–Crippen MR) is 84.4 cm³/mol. The molecule has 0 spiro atoms. The molecule has 0 radical (unpaired) electrons. The Morgan fingerprint density at radius 2 is 1.86 bits per heavy atom. The van der Waals surface area contributed by atoms with Gasteiger partial charge in [-0.3, -0.25) is 0 Å². The van der Waals surface area contributed by atoms with Crippen LogP contribution in [0.3, 0.4) is 0 Å². The molecule has 0 aliphatic heterocycles. The van der Waals surface area contributed by atoms with Crippen molar-refractivity contribution in [2.24, 2.45) is 0 Å². The minimum atomic E-state index is -0.455. The van der Waals surface area contributed by atoms with E-state index in [0.29, 0.717) is 12.0 Å². The molecule has 1 unspecified atom stereocenters. The molecule has 0 saturated heterocycles. The van der Waals surface area contributed by atoms with Crippen molar-refractivity contribution >= 4 is 12.0 Å². The maximum absolute atomic E-state index is 11.9. The Labute approximate surface area is 129 Å². The Morgan fingerprint density at radius 1 is 1.14 bits per heavy atom. The Hall–Kier alpha value is -2.75. The van der Waals surface area contributed by atoms with E-state index in [4.69, 9.17) is 4.74 Å². The van der Waals surface area contributed by atoms with Crippen LogP contribution in [0.2, 0.25) is 0 Å². The van der Waals surface area contributed by atoms with Gasteiger partial charge in [0.2, 0.25) is 0 Å². The van der Waals surface area contributed by atoms with Crippen LogP contribution in [0.25, 0.3) is 6.08 Å². The van der Waals surface area contributed by atoms with Gasteiger partial charge in [0, 0.05) is 6.08 Å². The first kappa shape index (κ1) is 15.6. The number of phenols is 2. The molecular weight excluding hydrogens is 280 g/mol. The second-order valence-corrected chi connectivity index (χ2v) is 4.83. The van der Waals surface area contributed by atoms with E-state index in [9.17, 15) is 15.0 Å². The summed E-state index contributed by atoms with van der Waals surface area (Å²) in [5.41, 5.74) is 1.55. The van der Waals surface area contributed by atoms with Crippen molar-refractivity contribution in [3.63, 3.8) is 0 Å². The van der Waals surface area contributed by atoms with Crippen LogP contribution in [-0.4, -0.2) is 16.2 Å². The van der Waals surface area contributed by atoms with Crippen molar-refractivity contribution in [1.29, 1.82) is 0 Å². The van der Waals surface area contributed by atoms with E-state index in [2.05, 4.69) is 0 Å². The van der Waals surface area contributed by atoms with Crippen molar-refractivity contribution in [2.75, 3.05) is 0 Å². The van der Waals surface area contributed by atoms with Gasteiger partial charge in [0.1, 0.15) is 6.10 Å². The molecule has 0 heterocycles. The van der Waals surface area contributed by atoms with Crippen LogP contribution in [0.4, 0.5) is 0 Å². The number of ether oxygens (including phenoxy) is 1. The average Bonchev–Trinajstić information content (AvgIpc) is 2.54. The Morgan fingerprint density at radius 3 is 2.50 bits per heavy atom. The SMILES string of the molecule is CCC(OC(=O)/C=C/c1ccc(O)c(O)c1)c1ccccc1. The lowest BCUT2D eigenvalue weighted by Crippen LogP contribution is -2.08. The fourth-order valence-corrected chi connectivity index (χ4v) is 2.04. The molecule has 0 amide bonds. The quantitative estimate of drug-likeness (QED) is 0.500. The monoisotopic (exact) mass is 298 g/mol. The molecule has 4 heteroatoms. The standard InChI is InChI=1S/C18H18O4/c1-2-17(14-6-4-3-5-7-14)22-18(21)11-9-13-8-10-15(19)16(20)12-13/h3-12,17,19-20H,2H2,1H3/b11-9+. The zero-order valence-corrected chi connectivity index (χ0v) is 12.3. The van der Waals surface area contributed by atoms with Crippen molar-refractivity contribution in [3.8, 4) is 11.5 Å². The van der Waals surface area contributed by atoms with Gasteiger partial charge in [-0.05, 0) is 35.8 Å². The minimum Gasteiger partial charge on any atom is -0.504 e. The third kappa shape index (κ3) is 4.12. The summed E-state index contributed by atoms with van der Waals surface area (Å²) in [6.45, 7) is 1.95. The molecule has 4 nitrogen and oxygen atoms in total. The van der Waals surface area contributed by atoms with Crippen molar-refractivity contribution < 1.29 is 19.7 Å². The van der Waals surface area contributed by atoms with Crippen LogP contribution in [0.1, 0.15) is 30.6 Å². The van der Waals surface area contributed by atoms with Crippen molar-refractivity contribution in [3.05, 3.63) is 65.7 Å². The fourth-order valence-electron chi connectivity index (χ4n) is 2.04. The van der Waals surface area contributed by atoms with E-state index in [-0.39, 0.29) is 17.6 Å². The number of hydrogen-bond donors (Lipinski definition) is 2. The third-order valence-electron chi connectivity index (χ3n) is 3.21. The van der Waals surface area contributed by atoms with Crippen LogP contribution in [0, 0.1) is 0 Å². The van der Waals surface area contributed by atoms with E-state index >= 15 is 0 Å². The molecule has 2 aromatic carbocycles. The smallest absolute Gasteiger partial charge is 0.331 e. The summed E-state index contributed by atoms with van der Waals surface area (Å²) in [6.07, 6.45) is 3.23. The van der Waals surface area contributed by atoms with E-state index in [1.807, 2.05) is 37.3 Å². The average molecular weight is 298 g/mol. The molecule has 2 aromatic rings. The van der Waals surface area contributed by atoms with Crippen LogP contribution in [-0.2, 0) is 9.53 Å². The van der Waals surface area contributed by atoms with Crippen LogP contribution in [0.15, 0.2) is 54.6 Å². The summed E-state index contributed by atoms with van der Waals surface area (Å²) in [6, 6.07) is 13.9. The Bertz CT molecular complexity index is 662. The van der Waals surface area contributed by atoms with Crippen molar-refractivity contribution in [1.82, 2.24) is 0 Å². The molecule has 22 heavy (non-hydrogen) atoms. The predicted octanol–water partition coefficient (Wildman–Crippen LogP) is 3.81. The minimum absolute atomic E-state index is 0.199. The maximum Gasteiger partial charge on any atom is 0.331 e. The number of esters is 1. The summed E-state index contributed by atoms with van der Waals surface area (Å²) in [7, 11) is 0. The maximum atomic E-state index is 11.9. The van der Waals surface area contributed by atoms with Gasteiger partial charge in [0.05, 0.1) is 0 Å². The van der Waals surface area contributed by atoms with Gasteiger partial charge in [0.15, 0.2) is 11.5 Å². The van der Waals surface area contributed by atoms with Crippen LogP contribution >= 0.6 is 0 Å². The van der Waals surface area contributed by atoms with Gasteiger partial charge < -0.3 is 14.9 Å². The third-order valence-corrected chi connectivity index (χ3v) is 3.21. The molecule has 1 atom stereocenters. The number of aromatic hydroxyl groups is 2. The summed E-state index contributed by atoms with van der Waals surface area (Å²) in [5.74, 6) is -0.885. The summed E-state index contributed by atoms with van der Waals surface area (Å²) in [5, 5.41) is 18.6. The number of rotatable bonds is 5. The topological polar surface area (TPSA) is 66.8 Å². The molecule has 0 aromatic heterocycles. The lowest BCUT2D eigenvalue weighted by atomic mass is 10.1. The molecular formula is C18H18O4. The Balaban J connectivity index is 2.02. The highest BCUT2D eigenvalue weighted by molar-refractivity contribution is 5.87. The van der Waals surface area contributed by atoms with Crippen LogP contribution < -0.4 is 0 Å². The van der Waals surface area contributed by atoms with Gasteiger partial charge in [-0.25, -0.2) is 4.79 Å². The van der Waals surface area contributed by atoms with E-state index in [1.165, 1.54) is 24.3 Å². The van der Waals surface area contributed by atoms with Gasteiger partial charge in [-0.15, -0.1) is 0 Å². The lowest BCUT2D eigenvalue weighted by Gasteiger charge is -2.15. The zero-order chi connectivity index (χ0) is 15.9. The number of carbonyl (C=O) groups excluding carboxylic acids is 1. The highest BCUT2D eigenvalue weighted by Gasteiger charge is 2.12. The molecule has 0 saturated carbocycles. The van der Waals surface area contributed by atoms with Gasteiger partial charge >= 0.3 is 5.97 Å². The second kappa shape index (κ2) is 7.31. The number of phenolic OH excluding ortho intramolecular Hbond substituents is 2. The highest BCUT2D eigenvalue weighted by Crippen LogP contribution is 2.25. The van der Waals surface area contributed by atoms with E-state index < -0.39 is 5.97 Å². The second-order valence-electron chi connectivity index (χ2n) is 4.83. The Kier molecular flexibility index (Phi) is 5.20. The molecule has 2 rings (SSSR count). The molecule has 114 valence electrons. The first-order chi connectivity index (χ1) is 10.6. The van der Waals surface area contributed by atoms with E-state index in [1.54, 1.807) is 6.07 Å². The lowest BCUT2D eigenvalue weighted by molar-refractivity contribution is -0.143. The first-order valence-electron chi connectivity index (χ1n) is 7.05. The fraction of sp³-hybridized carbons (Fsp3) is 0.167. The molecule has 0 bridgehead atoms. The van der Waals surface area contributed by atoms with Crippen molar-refractivity contribution in [2.45, 2.75) is 19.4 Å². The number of carbonyl (C=O) groups is 1. The highest BCUT2D eigenvalue weighted by atomic mass is 16.5. The van der Waals surface area contributed by atoms with Gasteiger partial charge in [0.25, 0.3) is 0 Å². The zero-order valence-electron chi connectivity index (χ0n) is 12.3.